The lowest BCUT2D eigenvalue weighted by atomic mass is 9.97. The Balaban J connectivity index is 1.61. The molecule has 0 aliphatic carbocycles. The largest absolute Gasteiger partial charge is 0.386 e. The van der Waals surface area contributed by atoms with Crippen molar-refractivity contribution in [2.45, 2.75) is 32.9 Å². The molecule has 2 aromatic carbocycles. The first-order valence-corrected chi connectivity index (χ1v) is 9.25. The molecule has 1 aromatic heterocycles. The quantitative estimate of drug-likeness (QED) is 0.736. The lowest BCUT2D eigenvalue weighted by molar-refractivity contribution is -0.119. The Morgan fingerprint density at radius 2 is 1.93 bits per heavy atom. The smallest absolute Gasteiger partial charge is 0.227 e. The fourth-order valence-corrected chi connectivity index (χ4v) is 3.44. The van der Waals surface area contributed by atoms with E-state index in [9.17, 15) is 9.90 Å². The topological polar surface area (TPSA) is 80.0 Å². The van der Waals surface area contributed by atoms with Crippen LogP contribution in [0.25, 0.3) is 17.2 Å². The summed E-state index contributed by atoms with van der Waals surface area (Å²) in [7, 11) is 0. The molecule has 4 rings (SSSR count). The summed E-state index contributed by atoms with van der Waals surface area (Å²) in [5.74, 6) is 1.52. The molecule has 1 aliphatic rings. The number of rotatable bonds is 4. The van der Waals surface area contributed by atoms with Crippen molar-refractivity contribution in [1.29, 1.82) is 0 Å². The highest BCUT2D eigenvalue weighted by molar-refractivity contribution is 5.85. The predicted octanol–water partition coefficient (Wildman–Crippen LogP) is 2.83. The Labute approximate surface area is 163 Å². The minimum absolute atomic E-state index is 0.115. The molecule has 1 fully saturated rings. The van der Waals surface area contributed by atoms with E-state index in [1.807, 2.05) is 48.9 Å². The summed E-state index contributed by atoms with van der Waals surface area (Å²) in [6.07, 6.45) is 1.20. The Bertz CT molecular complexity index is 1050. The normalized spacial score (nSPS) is 17.9. The molecule has 2 heterocycles. The van der Waals surface area contributed by atoms with E-state index in [1.165, 1.54) is 0 Å². The number of aromatic nitrogens is 3. The van der Waals surface area contributed by atoms with Gasteiger partial charge in [0.15, 0.2) is 0 Å². The maximum atomic E-state index is 11.5. The lowest BCUT2D eigenvalue weighted by Crippen LogP contribution is -2.13. The zero-order valence-corrected chi connectivity index (χ0v) is 15.9. The molecule has 1 unspecified atom stereocenters. The van der Waals surface area contributed by atoms with E-state index in [0.29, 0.717) is 12.2 Å². The van der Waals surface area contributed by atoms with Crippen LogP contribution in [0.5, 0.6) is 0 Å². The van der Waals surface area contributed by atoms with Crippen molar-refractivity contribution in [1.82, 2.24) is 20.1 Å². The third-order valence-corrected chi connectivity index (χ3v) is 4.85. The van der Waals surface area contributed by atoms with Gasteiger partial charge in [-0.3, -0.25) is 4.79 Å². The summed E-state index contributed by atoms with van der Waals surface area (Å²) >= 11 is 0. The second-order valence-electron chi connectivity index (χ2n) is 7.02. The van der Waals surface area contributed by atoms with Gasteiger partial charge < -0.3 is 10.4 Å². The van der Waals surface area contributed by atoms with Crippen LogP contribution in [0.15, 0.2) is 54.2 Å². The molecule has 0 saturated carbocycles. The highest BCUT2D eigenvalue weighted by atomic mass is 16.3. The minimum Gasteiger partial charge on any atom is -0.386 e. The first-order valence-electron chi connectivity index (χ1n) is 9.25. The minimum atomic E-state index is -0.766. The van der Waals surface area contributed by atoms with Gasteiger partial charge in [0, 0.05) is 5.70 Å². The van der Waals surface area contributed by atoms with E-state index in [2.05, 4.69) is 39.7 Å². The molecule has 3 aromatic rings. The molecule has 1 aliphatic heterocycles. The fraction of sp³-hybridized carbons (Fsp3) is 0.227. The third kappa shape index (κ3) is 3.73. The highest BCUT2D eigenvalue weighted by Crippen LogP contribution is 2.27. The number of carbonyl (C=O) groups is 1. The van der Waals surface area contributed by atoms with Crippen LogP contribution >= 0.6 is 0 Å². The van der Waals surface area contributed by atoms with E-state index in [0.717, 1.165) is 33.9 Å². The Morgan fingerprint density at radius 3 is 2.57 bits per heavy atom. The Hall–Kier alpha value is -3.25. The summed E-state index contributed by atoms with van der Waals surface area (Å²) < 4.78 is 1.90. The van der Waals surface area contributed by atoms with E-state index in [4.69, 9.17) is 0 Å². The Kier molecular flexibility index (Phi) is 4.79. The standard InChI is InChI=1S/C22H22N4O2/c1-14-23-15(2)26(25-14)13-16-7-9-17(10-8-16)19-6-4-3-5-18(19)11-20-21(27)12-22(28)24-20/h3-11,21,27H,12-13H2,1-2H3,(H,24,28)/b20-11-. The predicted molar refractivity (Wildman–Crippen MR) is 107 cm³/mol. The number of nitrogens with one attached hydrogen (secondary N) is 1. The fourth-order valence-electron chi connectivity index (χ4n) is 3.44. The Morgan fingerprint density at radius 1 is 1.18 bits per heavy atom. The SMILES string of the molecule is Cc1nc(C)n(Cc2ccc(-c3ccccc3/C=C3\NC(=O)CC3O)cc2)n1. The lowest BCUT2D eigenvalue weighted by Gasteiger charge is -2.10. The van der Waals surface area contributed by atoms with Crippen molar-refractivity contribution >= 4 is 12.0 Å². The van der Waals surface area contributed by atoms with E-state index >= 15 is 0 Å². The molecular formula is C22H22N4O2. The molecule has 28 heavy (non-hydrogen) atoms. The van der Waals surface area contributed by atoms with Crippen molar-refractivity contribution in [2.75, 3.05) is 0 Å². The number of amides is 1. The number of aliphatic hydroxyl groups is 1. The van der Waals surface area contributed by atoms with Gasteiger partial charge in [-0.15, -0.1) is 0 Å². The maximum absolute atomic E-state index is 11.5. The zero-order chi connectivity index (χ0) is 19.7. The van der Waals surface area contributed by atoms with Gasteiger partial charge >= 0.3 is 0 Å². The van der Waals surface area contributed by atoms with E-state index < -0.39 is 6.10 Å². The average molecular weight is 374 g/mol. The second-order valence-corrected chi connectivity index (χ2v) is 7.02. The molecule has 6 heteroatoms. The summed E-state index contributed by atoms with van der Waals surface area (Å²) in [4.78, 5) is 15.8. The van der Waals surface area contributed by atoms with Crippen LogP contribution in [-0.2, 0) is 11.3 Å². The van der Waals surface area contributed by atoms with Crippen LogP contribution < -0.4 is 5.32 Å². The highest BCUT2D eigenvalue weighted by Gasteiger charge is 2.24. The van der Waals surface area contributed by atoms with Gasteiger partial charge in [-0.05, 0) is 42.2 Å². The van der Waals surface area contributed by atoms with Crippen LogP contribution in [0, 0.1) is 13.8 Å². The monoisotopic (exact) mass is 374 g/mol. The van der Waals surface area contributed by atoms with Crippen LogP contribution in [-0.4, -0.2) is 31.9 Å². The number of benzene rings is 2. The number of carbonyl (C=O) groups excluding carboxylic acids is 1. The van der Waals surface area contributed by atoms with Crippen molar-refractivity contribution in [3.05, 3.63) is 77.0 Å². The number of aryl methyl sites for hydroxylation is 2. The number of hydrogen-bond acceptors (Lipinski definition) is 4. The van der Waals surface area contributed by atoms with E-state index in [1.54, 1.807) is 0 Å². The summed E-state index contributed by atoms with van der Waals surface area (Å²) in [5.41, 5.74) is 4.76. The summed E-state index contributed by atoms with van der Waals surface area (Å²) in [5, 5.41) is 17.2. The molecule has 142 valence electrons. The summed E-state index contributed by atoms with van der Waals surface area (Å²) in [6.45, 7) is 4.52. The summed E-state index contributed by atoms with van der Waals surface area (Å²) in [6, 6.07) is 16.3. The number of nitrogens with zero attached hydrogens (tertiary/aromatic N) is 3. The van der Waals surface area contributed by atoms with Gasteiger partial charge in [0.1, 0.15) is 17.8 Å². The van der Waals surface area contributed by atoms with Gasteiger partial charge in [-0.25, -0.2) is 9.67 Å². The van der Waals surface area contributed by atoms with Crippen molar-refractivity contribution in [2.24, 2.45) is 0 Å². The van der Waals surface area contributed by atoms with Crippen LogP contribution in [0.2, 0.25) is 0 Å². The van der Waals surface area contributed by atoms with Gasteiger partial charge in [0.2, 0.25) is 5.91 Å². The number of aliphatic hydroxyl groups excluding tert-OH is 1. The van der Waals surface area contributed by atoms with Crippen LogP contribution in [0.3, 0.4) is 0 Å². The average Bonchev–Trinajstić information content (AvgIpc) is 3.16. The second kappa shape index (κ2) is 7.40. The molecular weight excluding hydrogens is 352 g/mol. The van der Waals surface area contributed by atoms with Gasteiger partial charge in [-0.1, -0.05) is 48.5 Å². The molecule has 0 bridgehead atoms. The van der Waals surface area contributed by atoms with Crippen molar-refractivity contribution < 1.29 is 9.90 Å². The molecule has 0 spiro atoms. The van der Waals surface area contributed by atoms with Crippen LogP contribution in [0.4, 0.5) is 0 Å². The number of hydrogen-bond donors (Lipinski definition) is 2. The molecule has 1 atom stereocenters. The first-order chi connectivity index (χ1) is 13.5. The maximum Gasteiger partial charge on any atom is 0.227 e. The van der Waals surface area contributed by atoms with Crippen molar-refractivity contribution in [3.8, 4) is 11.1 Å². The molecule has 1 amide bonds. The molecule has 0 radical (unpaired) electrons. The molecule has 1 saturated heterocycles. The van der Waals surface area contributed by atoms with Gasteiger partial charge in [0.25, 0.3) is 0 Å². The zero-order valence-electron chi connectivity index (χ0n) is 15.9. The molecule has 2 N–H and O–H groups in total. The molecule has 6 nitrogen and oxygen atoms in total. The first kappa shape index (κ1) is 18.1. The third-order valence-electron chi connectivity index (χ3n) is 4.85. The van der Waals surface area contributed by atoms with Crippen LogP contribution in [0.1, 0.15) is 29.2 Å². The van der Waals surface area contributed by atoms with E-state index in [-0.39, 0.29) is 12.3 Å². The van der Waals surface area contributed by atoms with Crippen molar-refractivity contribution in [3.63, 3.8) is 0 Å². The van der Waals surface area contributed by atoms with Gasteiger partial charge in [-0.2, -0.15) is 5.10 Å². The van der Waals surface area contributed by atoms with Gasteiger partial charge in [0.05, 0.1) is 13.0 Å².